The molecule has 3 heterocycles. The standard InChI is InChI=1S/C20H29N3O3S.ClH/c24-20(22-13-10-17-6-7-18(15-22)21-17)14-16-4-8-19(9-5-16)27(25,26)23-11-2-1-3-12-23;/h4-5,8-9,17-18,21H,1-3,6-7,10-15H2;1H. The third kappa shape index (κ3) is 4.70. The second kappa shape index (κ2) is 9.11. The summed E-state index contributed by atoms with van der Waals surface area (Å²) in [5.74, 6) is 0.135. The zero-order valence-corrected chi connectivity index (χ0v) is 17.8. The smallest absolute Gasteiger partial charge is 0.243 e. The fourth-order valence-corrected chi connectivity index (χ4v) is 6.01. The van der Waals surface area contributed by atoms with E-state index in [0.29, 0.717) is 36.5 Å². The van der Waals surface area contributed by atoms with Gasteiger partial charge in [-0.3, -0.25) is 4.79 Å². The molecule has 1 N–H and O–H groups in total. The van der Waals surface area contributed by atoms with Gasteiger partial charge in [-0.15, -0.1) is 12.4 Å². The number of nitrogens with zero attached hydrogens (tertiary/aromatic N) is 2. The highest BCUT2D eigenvalue weighted by atomic mass is 35.5. The number of hydrogen-bond donors (Lipinski definition) is 1. The highest BCUT2D eigenvalue weighted by Crippen LogP contribution is 2.23. The van der Waals surface area contributed by atoms with Crippen molar-refractivity contribution >= 4 is 28.3 Å². The van der Waals surface area contributed by atoms with Crippen molar-refractivity contribution in [2.24, 2.45) is 0 Å². The largest absolute Gasteiger partial charge is 0.341 e. The van der Waals surface area contributed by atoms with Crippen LogP contribution in [0.1, 0.15) is 44.1 Å². The highest BCUT2D eigenvalue weighted by molar-refractivity contribution is 7.89. The topological polar surface area (TPSA) is 69.7 Å². The second-order valence-electron chi connectivity index (χ2n) is 8.05. The van der Waals surface area contributed by atoms with Gasteiger partial charge in [-0.25, -0.2) is 8.42 Å². The van der Waals surface area contributed by atoms with Crippen LogP contribution in [0.25, 0.3) is 0 Å². The Labute approximate surface area is 174 Å². The number of hydrogen-bond acceptors (Lipinski definition) is 4. The Morgan fingerprint density at radius 1 is 0.964 bits per heavy atom. The van der Waals surface area contributed by atoms with Crippen LogP contribution < -0.4 is 5.32 Å². The molecule has 0 radical (unpaired) electrons. The molecule has 3 fully saturated rings. The summed E-state index contributed by atoms with van der Waals surface area (Å²) in [4.78, 5) is 15.0. The molecule has 4 rings (SSSR count). The minimum Gasteiger partial charge on any atom is -0.341 e. The van der Waals surface area contributed by atoms with Crippen molar-refractivity contribution < 1.29 is 13.2 Å². The Hall–Kier alpha value is -1.15. The first-order valence-corrected chi connectivity index (χ1v) is 11.6. The van der Waals surface area contributed by atoms with E-state index in [1.165, 1.54) is 6.42 Å². The molecule has 3 aliphatic heterocycles. The lowest BCUT2D eigenvalue weighted by Crippen LogP contribution is -2.39. The zero-order chi connectivity index (χ0) is 18.9. The van der Waals surface area contributed by atoms with E-state index in [0.717, 1.165) is 50.8 Å². The molecule has 0 aromatic heterocycles. The number of halogens is 1. The van der Waals surface area contributed by atoms with E-state index in [2.05, 4.69) is 5.32 Å². The Morgan fingerprint density at radius 2 is 1.64 bits per heavy atom. The van der Waals surface area contributed by atoms with E-state index in [-0.39, 0.29) is 18.3 Å². The van der Waals surface area contributed by atoms with Gasteiger partial charge in [0.25, 0.3) is 0 Å². The number of fused-ring (bicyclic) bond motifs is 2. The van der Waals surface area contributed by atoms with Crippen LogP contribution in [-0.4, -0.2) is 61.8 Å². The number of rotatable bonds is 4. The number of carbonyl (C=O) groups is 1. The van der Waals surface area contributed by atoms with Gasteiger partial charge in [-0.05, 0) is 49.8 Å². The lowest BCUT2D eigenvalue weighted by atomic mass is 10.1. The molecule has 0 saturated carbocycles. The van der Waals surface area contributed by atoms with E-state index in [4.69, 9.17) is 0 Å². The SMILES string of the molecule is Cl.O=C(Cc1ccc(S(=O)(=O)N2CCCCC2)cc1)N1CCC2CCC(C1)N2. The molecule has 0 aliphatic carbocycles. The zero-order valence-electron chi connectivity index (χ0n) is 16.2. The minimum absolute atomic E-state index is 0. The Bertz CT molecular complexity index is 778. The predicted molar refractivity (Wildman–Crippen MR) is 111 cm³/mol. The average Bonchev–Trinajstić information content (AvgIpc) is 3.01. The molecule has 6 nitrogen and oxygen atoms in total. The molecule has 28 heavy (non-hydrogen) atoms. The quantitative estimate of drug-likeness (QED) is 0.799. The van der Waals surface area contributed by atoms with Crippen LogP contribution in [0.2, 0.25) is 0 Å². The average molecular weight is 428 g/mol. The van der Waals surface area contributed by atoms with Crippen LogP contribution in [0.3, 0.4) is 0 Å². The number of likely N-dealkylation sites (tertiary alicyclic amines) is 1. The summed E-state index contributed by atoms with van der Waals surface area (Å²) in [5.41, 5.74) is 0.875. The molecular weight excluding hydrogens is 398 g/mol. The number of benzene rings is 1. The van der Waals surface area contributed by atoms with E-state index in [1.54, 1.807) is 28.6 Å². The molecule has 1 amide bonds. The number of carbonyl (C=O) groups excluding carboxylic acids is 1. The van der Waals surface area contributed by atoms with E-state index >= 15 is 0 Å². The van der Waals surface area contributed by atoms with Crippen molar-refractivity contribution in [2.75, 3.05) is 26.2 Å². The van der Waals surface area contributed by atoms with Gasteiger partial charge in [-0.2, -0.15) is 4.31 Å². The van der Waals surface area contributed by atoms with Gasteiger partial charge >= 0.3 is 0 Å². The monoisotopic (exact) mass is 427 g/mol. The maximum atomic E-state index is 12.7. The normalized spacial score (nSPS) is 25.8. The molecule has 0 spiro atoms. The van der Waals surface area contributed by atoms with Crippen LogP contribution in [0, 0.1) is 0 Å². The molecule has 2 unspecified atom stereocenters. The number of nitrogens with one attached hydrogen (secondary N) is 1. The fraction of sp³-hybridized carbons (Fsp3) is 0.650. The van der Waals surface area contributed by atoms with Gasteiger partial charge in [0.1, 0.15) is 0 Å². The summed E-state index contributed by atoms with van der Waals surface area (Å²) in [7, 11) is -3.41. The molecule has 3 aliphatic rings. The van der Waals surface area contributed by atoms with Crippen LogP contribution in [0.4, 0.5) is 0 Å². The van der Waals surface area contributed by atoms with Crippen LogP contribution in [-0.2, 0) is 21.2 Å². The molecule has 2 atom stereocenters. The summed E-state index contributed by atoms with van der Waals surface area (Å²) in [6.45, 7) is 2.81. The van der Waals surface area contributed by atoms with E-state index in [9.17, 15) is 13.2 Å². The van der Waals surface area contributed by atoms with Gasteiger partial charge in [0.05, 0.1) is 11.3 Å². The summed E-state index contributed by atoms with van der Waals surface area (Å²) in [6, 6.07) is 7.87. The molecule has 156 valence electrons. The van der Waals surface area contributed by atoms with Crippen LogP contribution >= 0.6 is 12.4 Å². The molecule has 2 bridgehead atoms. The van der Waals surface area contributed by atoms with Crippen molar-refractivity contribution in [3.63, 3.8) is 0 Å². The minimum atomic E-state index is -3.41. The summed E-state index contributed by atoms with van der Waals surface area (Å²) in [6.07, 6.45) is 6.69. The van der Waals surface area contributed by atoms with Crippen molar-refractivity contribution in [3.8, 4) is 0 Å². The second-order valence-corrected chi connectivity index (χ2v) is 9.99. The van der Waals surface area contributed by atoms with Gasteiger partial charge in [0, 0.05) is 38.3 Å². The van der Waals surface area contributed by atoms with Crippen molar-refractivity contribution in [1.29, 1.82) is 0 Å². The molecule has 8 heteroatoms. The van der Waals surface area contributed by atoms with E-state index in [1.807, 2.05) is 4.90 Å². The van der Waals surface area contributed by atoms with Gasteiger partial charge < -0.3 is 10.2 Å². The van der Waals surface area contributed by atoms with Gasteiger partial charge in [0.15, 0.2) is 0 Å². The maximum Gasteiger partial charge on any atom is 0.243 e. The van der Waals surface area contributed by atoms with Crippen molar-refractivity contribution in [1.82, 2.24) is 14.5 Å². The number of amides is 1. The van der Waals surface area contributed by atoms with Crippen molar-refractivity contribution in [2.45, 2.75) is 61.9 Å². The Morgan fingerprint density at radius 3 is 2.36 bits per heavy atom. The Balaban J connectivity index is 0.00000225. The first kappa shape index (κ1) is 21.6. The van der Waals surface area contributed by atoms with Gasteiger partial charge in [0.2, 0.25) is 15.9 Å². The number of piperidine rings is 1. The lowest BCUT2D eigenvalue weighted by Gasteiger charge is -2.26. The Kier molecular flexibility index (Phi) is 7.02. The summed E-state index contributed by atoms with van der Waals surface area (Å²) in [5, 5.41) is 3.59. The third-order valence-electron chi connectivity index (χ3n) is 6.11. The predicted octanol–water partition coefficient (Wildman–Crippen LogP) is 2.18. The first-order valence-electron chi connectivity index (χ1n) is 10.2. The third-order valence-corrected chi connectivity index (χ3v) is 8.02. The molecule has 1 aromatic rings. The molecule has 1 aromatic carbocycles. The van der Waals surface area contributed by atoms with Crippen molar-refractivity contribution in [3.05, 3.63) is 29.8 Å². The van der Waals surface area contributed by atoms with E-state index < -0.39 is 10.0 Å². The molecular formula is C20H30ClN3O3S. The summed E-state index contributed by atoms with van der Waals surface area (Å²) >= 11 is 0. The van der Waals surface area contributed by atoms with Crippen LogP contribution in [0.5, 0.6) is 0 Å². The first-order chi connectivity index (χ1) is 13.0. The lowest BCUT2D eigenvalue weighted by molar-refractivity contribution is -0.130. The maximum absolute atomic E-state index is 12.7. The molecule has 3 saturated heterocycles. The fourth-order valence-electron chi connectivity index (χ4n) is 4.49. The number of sulfonamides is 1. The summed E-state index contributed by atoms with van der Waals surface area (Å²) < 4.78 is 27.0. The highest BCUT2D eigenvalue weighted by Gasteiger charge is 2.31. The van der Waals surface area contributed by atoms with Gasteiger partial charge in [-0.1, -0.05) is 18.6 Å². The van der Waals surface area contributed by atoms with Crippen LogP contribution in [0.15, 0.2) is 29.2 Å².